The first-order chi connectivity index (χ1) is 8.49. The van der Waals surface area contributed by atoms with Crippen molar-refractivity contribution in [2.45, 2.75) is 13.5 Å². The van der Waals surface area contributed by atoms with E-state index in [-0.39, 0.29) is 13.1 Å². The average molecular weight is 252 g/mol. The zero-order valence-corrected chi connectivity index (χ0v) is 10.1. The average Bonchev–Trinajstić information content (AvgIpc) is 2.29. The maximum Gasteiger partial charge on any atom is 0.317 e. The Morgan fingerprint density at radius 1 is 1.33 bits per heavy atom. The van der Waals surface area contributed by atoms with Crippen molar-refractivity contribution in [3.05, 3.63) is 30.1 Å². The van der Waals surface area contributed by atoms with E-state index in [1.54, 1.807) is 36.4 Å². The summed E-state index contributed by atoms with van der Waals surface area (Å²) in [6, 6.07) is 3.56. The predicted octanol–water partition coefficient (Wildman–Crippen LogP) is 0.689. The molecule has 1 unspecified atom stereocenters. The molecule has 0 amide bonds. The summed E-state index contributed by atoms with van der Waals surface area (Å²) in [5, 5.41) is 17.7. The Labute approximate surface area is 105 Å². The number of aromatic nitrogens is 1. The lowest BCUT2D eigenvalue weighted by Gasteiger charge is -2.22. The van der Waals surface area contributed by atoms with E-state index in [4.69, 9.17) is 10.2 Å². The predicted molar refractivity (Wildman–Crippen MR) is 63.9 cm³/mol. The van der Waals surface area contributed by atoms with Crippen molar-refractivity contribution in [3.8, 4) is 0 Å². The van der Waals surface area contributed by atoms with Crippen LogP contribution in [0.15, 0.2) is 24.5 Å². The van der Waals surface area contributed by atoms with E-state index in [0.29, 0.717) is 6.54 Å². The highest BCUT2D eigenvalue weighted by atomic mass is 16.4. The first-order valence-corrected chi connectivity index (χ1v) is 5.55. The van der Waals surface area contributed by atoms with Gasteiger partial charge in [0.25, 0.3) is 0 Å². The zero-order chi connectivity index (χ0) is 13.5. The normalized spacial score (nSPS) is 12.3. The minimum Gasteiger partial charge on any atom is -0.481 e. The Balaban J connectivity index is 2.66. The molecule has 1 heterocycles. The summed E-state index contributed by atoms with van der Waals surface area (Å²) >= 11 is 0. The molecular weight excluding hydrogens is 236 g/mol. The van der Waals surface area contributed by atoms with Crippen molar-refractivity contribution in [1.29, 1.82) is 0 Å². The molecule has 1 rings (SSSR count). The number of hydrogen-bond donors (Lipinski definition) is 2. The van der Waals surface area contributed by atoms with E-state index < -0.39 is 17.9 Å². The topological polar surface area (TPSA) is 90.7 Å². The van der Waals surface area contributed by atoms with Crippen molar-refractivity contribution in [3.63, 3.8) is 0 Å². The summed E-state index contributed by atoms with van der Waals surface area (Å²) in [5.41, 5.74) is 0.906. The molecule has 0 saturated heterocycles. The van der Waals surface area contributed by atoms with E-state index in [9.17, 15) is 9.59 Å². The summed E-state index contributed by atoms with van der Waals surface area (Å²) in [6.07, 6.45) is 3.24. The van der Waals surface area contributed by atoms with Crippen LogP contribution >= 0.6 is 0 Å². The molecule has 1 atom stereocenters. The highest BCUT2D eigenvalue weighted by Crippen LogP contribution is 2.07. The van der Waals surface area contributed by atoms with E-state index in [2.05, 4.69) is 4.98 Å². The molecule has 0 aliphatic rings. The van der Waals surface area contributed by atoms with Gasteiger partial charge in [-0.05, 0) is 17.7 Å². The number of carboxylic acids is 2. The van der Waals surface area contributed by atoms with Crippen LogP contribution < -0.4 is 0 Å². The van der Waals surface area contributed by atoms with E-state index >= 15 is 0 Å². The molecule has 6 nitrogen and oxygen atoms in total. The molecule has 0 aromatic carbocycles. The van der Waals surface area contributed by atoms with Crippen molar-refractivity contribution in [2.24, 2.45) is 5.92 Å². The van der Waals surface area contributed by atoms with Gasteiger partial charge in [0.15, 0.2) is 0 Å². The number of carboxylic acid groups (broad SMARTS) is 2. The van der Waals surface area contributed by atoms with Crippen LogP contribution in [-0.4, -0.2) is 45.1 Å². The summed E-state index contributed by atoms with van der Waals surface area (Å²) in [7, 11) is 0. The Bertz CT molecular complexity index is 408. The molecule has 1 aromatic heterocycles. The van der Waals surface area contributed by atoms with Crippen molar-refractivity contribution >= 4 is 11.9 Å². The summed E-state index contributed by atoms with van der Waals surface area (Å²) in [5.74, 6) is -2.51. The molecule has 0 saturated carbocycles. The van der Waals surface area contributed by atoms with Crippen molar-refractivity contribution < 1.29 is 19.8 Å². The van der Waals surface area contributed by atoms with Crippen LogP contribution in [-0.2, 0) is 16.1 Å². The molecular formula is C12H16N2O4. The monoisotopic (exact) mass is 252 g/mol. The van der Waals surface area contributed by atoms with Gasteiger partial charge in [0.1, 0.15) is 0 Å². The largest absolute Gasteiger partial charge is 0.481 e. The lowest BCUT2D eigenvalue weighted by Crippen LogP contribution is -2.35. The quantitative estimate of drug-likeness (QED) is 0.742. The third-order valence-electron chi connectivity index (χ3n) is 2.47. The van der Waals surface area contributed by atoms with Crippen LogP contribution in [0.1, 0.15) is 12.5 Å². The van der Waals surface area contributed by atoms with E-state index in [1.165, 1.54) is 0 Å². The van der Waals surface area contributed by atoms with Crippen LogP contribution in [0, 0.1) is 5.92 Å². The highest BCUT2D eigenvalue weighted by Gasteiger charge is 2.18. The van der Waals surface area contributed by atoms with Crippen LogP contribution in [0.3, 0.4) is 0 Å². The Kier molecular flexibility index (Phi) is 5.26. The lowest BCUT2D eigenvalue weighted by atomic mass is 10.1. The maximum atomic E-state index is 10.8. The molecule has 0 spiro atoms. The fourth-order valence-corrected chi connectivity index (χ4v) is 1.59. The molecule has 2 N–H and O–H groups in total. The smallest absolute Gasteiger partial charge is 0.317 e. The fourth-order valence-electron chi connectivity index (χ4n) is 1.59. The minimum atomic E-state index is -0.971. The van der Waals surface area contributed by atoms with E-state index in [1.807, 2.05) is 0 Å². The lowest BCUT2D eigenvalue weighted by molar-refractivity contribution is -0.144. The molecule has 0 fully saturated rings. The molecule has 0 radical (unpaired) electrons. The van der Waals surface area contributed by atoms with Gasteiger partial charge in [-0.3, -0.25) is 19.5 Å². The van der Waals surface area contributed by atoms with Crippen LogP contribution in [0.25, 0.3) is 0 Å². The van der Waals surface area contributed by atoms with Gasteiger partial charge in [-0.15, -0.1) is 0 Å². The Hall–Kier alpha value is -1.95. The molecule has 6 heteroatoms. The van der Waals surface area contributed by atoms with Gasteiger partial charge in [0.05, 0.1) is 12.5 Å². The molecule has 98 valence electrons. The van der Waals surface area contributed by atoms with Crippen molar-refractivity contribution in [1.82, 2.24) is 9.88 Å². The Morgan fingerprint density at radius 2 is 1.94 bits per heavy atom. The summed E-state index contributed by atoms with van der Waals surface area (Å²) in [4.78, 5) is 27.0. The van der Waals surface area contributed by atoms with Crippen LogP contribution in [0.4, 0.5) is 0 Å². The summed E-state index contributed by atoms with van der Waals surface area (Å²) < 4.78 is 0. The fraction of sp³-hybridized carbons (Fsp3) is 0.417. The van der Waals surface area contributed by atoms with E-state index in [0.717, 1.165) is 5.56 Å². The minimum absolute atomic E-state index is 0.181. The summed E-state index contributed by atoms with van der Waals surface area (Å²) in [6.45, 7) is 1.97. The van der Waals surface area contributed by atoms with Crippen LogP contribution in [0.2, 0.25) is 0 Å². The molecule has 0 aliphatic carbocycles. The van der Waals surface area contributed by atoms with Gasteiger partial charge < -0.3 is 10.2 Å². The number of rotatable bonds is 7. The van der Waals surface area contributed by atoms with Gasteiger partial charge in [-0.2, -0.15) is 0 Å². The SMILES string of the molecule is CC(CN(CC(=O)O)Cc1ccncc1)C(=O)O. The van der Waals surface area contributed by atoms with Crippen molar-refractivity contribution in [2.75, 3.05) is 13.1 Å². The zero-order valence-electron chi connectivity index (χ0n) is 10.1. The number of pyridine rings is 1. The highest BCUT2D eigenvalue weighted by molar-refractivity contribution is 5.71. The van der Waals surface area contributed by atoms with Gasteiger partial charge in [0.2, 0.25) is 0 Å². The Morgan fingerprint density at radius 3 is 2.44 bits per heavy atom. The maximum absolute atomic E-state index is 10.8. The van der Waals surface area contributed by atoms with Gasteiger partial charge in [-0.25, -0.2) is 0 Å². The third kappa shape index (κ3) is 4.92. The van der Waals surface area contributed by atoms with Crippen LogP contribution in [0.5, 0.6) is 0 Å². The van der Waals surface area contributed by atoms with Gasteiger partial charge in [-0.1, -0.05) is 6.92 Å². The molecule has 0 aliphatic heterocycles. The molecule has 1 aromatic rings. The third-order valence-corrected chi connectivity index (χ3v) is 2.47. The molecule has 0 bridgehead atoms. The number of carbonyl (C=O) groups is 2. The first-order valence-electron chi connectivity index (χ1n) is 5.55. The second-order valence-corrected chi connectivity index (χ2v) is 4.16. The number of aliphatic carboxylic acids is 2. The van der Waals surface area contributed by atoms with Gasteiger partial charge >= 0.3 is 11.9 Å². The van der Waals surface area contributed by atoms with Gasteiger partial charge in [0, 0.05) is 25.5 Å². The second-order valence-electron chi connectivity index (χ2n) is 4.16. The first kappa shape index (κ1) is 14.1. The molecule has 18 heavy (non-hydrogen) atoms. The standard InChI is InChI=1S/C12H16N2O4/c1-9(12(17)18)6-14(8-11(15)16)7-10-2-4-13-5-3-10/h2-5,9H,6-8H2,1H3,(H,15,16)(H,17,18). The number of hydrogen-bond acceptors (Lipinski definition) is 4. The second kappa shape index (κ2) is 6.70. The number of nitrogens with zero attached hydrogens (tertiary/aromatic N) is 2.